The zero-order chi connectivity index (χ0) is 14.2. The summed E-state index contributed by atoms with van der Waals surface area (Å²) in [6, 6.07) is 1.92. The fourth-order valence-corrected chi connectivity index (χ4v) is 2.91. The largest absolute Gasteiger partial charge is 0.302 e. The van der Waals surface area contributed by atoms with Crippen LogP contribution in [0, 0.1) is 24.2 Å². The number of carbonyl (C=O) groups excluding carboxylic acids is 1. The van der Waals surface area contributed by atoms with Gasteiger partial charge < -0.3 is 0 Å². The van der Waals surface area contributed by atoms with E-state index in [1.54, 1.807) is 6.92 Å². The SMILES string of the molecule is Cc1[nH]nc(N2CC(CS(=O)(=O)F)CC2=O)c1C#N. The number of halogens is 1. The zero-order valence-electron chi connectivity index (χ0n) is 10.1. The molecule has 102 valence electrons. The highest BCUT2D eigenvalue weighted by Gasteiger charge is 2.36. The van der Waals surface area contributed by atoms with Gasteiger partial charge in [-0.2, -0.15) is 18.8 Å². The molecule has 1 atom stereocenters. The molecule has 0 radical (unpaired) electrons. The smallest absolute Gasteiger partial charge is 0.294 e. The van der Waals surface area contributed by atoms with Crippen molar-refractivity contribution in [2.24, 2.45) is 5.92 Å². The van der Waals surface area contributed by atoms with Crippen LogP contribution in [0.1, 0.15) is 17.7 Å². The van der Waals surface area contributed by atoms with Crippen LogP contribution in [0.4, 0.5) is 9.70 Å². The van der Waals surface area contributed by atoms with E-state index in [9.17, 15) is 17.1 Å². The molecule has 1 N–H and O–H groups in total. The minimum atomic E-state index is -4.62. The molecule has 0 aromatic carbocycles. The molecule has 1 aliphatic heterocycles. The number of amides is 1. The molecule has 1 aromatic rings. The molecular formula is C10H11FN4O3S. The second-order valence-electron chi connectivity index (χ2n) is 4.44. The van der Waals surface area contributed by atoms with Crippen LogP contribution in [0.25, 0.3) is 0 Å². The lowest BCUT2D eigenvalue weighted by Crippen LogP contribution is -2.26. The Bertz CT molecular complexity index is 661. The molecule has 1 saturated heterocycles. The van der Waals surface area contributed by atoms with Gasteiger partial charge in [0.25, 0.3) is 0 Å². The van der Waals surface area contributed by atoms with Gasteiger partial charge in [0.2, 0.25) is 5.91 Å². The van der Waals surface area contributed by atoms with Crippen LogP contribution in [0.5, 0.6) is 0 Å². The molecule has 19 heavy (non-hydrogen) atoms. The zero-order valence-corrected chi connectivity index (χ0v) is 10.9. The van der Waals surface area contributed by atoms with Crippen molar-refractivity contribution in [3.05, 3.63) is 11.3 Å². The molecule has 0 bridgehead atoms. The summed E-state index contributed by atoms with van der Waals surface area (Å²) in [6.45, 7) is 1.68. The Labute approximate surface area is 109 Å². The number of nitrogens with one attached hydrogen (secondary N) is 1. The Balaban J connectivity index is 2.23. The number of aryl methyl sites for hydroxylation is 1. The van der Waals surface area contributed by atoms with Gasteiger partial charge in [-0.15, -0.1) is 3.89 Å². The molecule has 1 unspecified atom stereocenters. The maximum atomic E-state index is 12.6. The average Bonchev–Trinajstić information content (AvgIpc) is 2.79. The van der Waals surface area contributed by atoms with Crippen LogP contribution < -0.4 is 4.90 Å². The minimum Gasteiger partial charge on any atom is -0.294 e. The van der Waals surface area contributed by atoms with E-state index in [2.05, 4.69) is 10.2 Å². The minimum absolute atomic E-state index is 0.0426. The van der Waals surface area contributed by atoms with Gasteiger partial charge in [0.15, 0.2) is 5.82 Å². The van der Waals surface area contributed by atoms with Crippen LogP contribution in [-0.2, 0) is 15.0 Å². The number of H-pyrrole nitrogens is 1. The maximum Gasteiger partial charge on any atom is 0.302 e. The molecule has 0 spiro atoms. The lowest BCUT2D eigenvalue weighted by Gasteiger charge is -2.13. The third-order valence-electron chi connectivity index (χ3n) is 2.94. The first kappa shape index (κ1) is 13.5. The fourth-order valence-electron chi connectivity index (χ4n) is 2.12. The number of nitrogens with zero attached hydrogens (tertiary/aromatic N) is 3. The summed E-state index contributed by atoms with van der Waals surface area (Å²) >= 11 is 0. The van der Waals surface area contributed by atoms with Crippen LogP contribution in [0.15, 0.2) is 0 Å². The van der Waals surface area contributed by atoms with E-state index in [0.717, 1.165) is 0 Å². The van der Waals surface area contributed by atoms with Gasteiger partial charge >= 0.3 is 10.2 Å². The molecular weight excluding hydrogens is 275 g/mol. The topological polar surface area (TPSA) is 107 Å². The number of anilines is 1. The molecule has 7 nitrogen and oxygen atoms in total. The predicted octanol–water partition coefficient (Wildman–Crippen LogP) is 0.242. The first-order valence-electron chi connectivity index (χ1n) is 5.49. The number of hydrogen-bond donors (Lipinski definition) is 1. The van der Waals surface area contributed by atoms with Crippen molar-refractivity contribution in [2.45, 2.75) is 13.3 Å². The van der Waals surface area contributed by atoms with Crippen molar-refractivity contribution in [3.8, 4) is 6.07 Å². The number of aromatic nitrogens is 2. The van der Waals surface area contributed by atoms with E-state index >= 15 is 0 Å². The van der Waals surface area contributed by atoms with Crippen LogP contribution in [0.2, 0.25) is 0 Å². The Morgan fingerprint density at radius 1 is 1.63 bits per heavy atom. The Hall–Kier alpha value is -1.95. The molecule has 2 heterocycles. The summed E-state index contributed by atoms with van der Waals surface area (Å²) in [6.07, 6.45) is -0.0695. The number of hydrogen-bond acceptors (Lipinski definition) is 5. The number of rotatable bonds is 3. The van der Waals surface area contributed by atoms with E-state index in [0.29, 0.717) is 5.69 Å². The van der Waals surface area contributed by atoms with Gasteiger partial charge in [-0.3, -0.25) is 14.8 Å². The second-order valence-corrected chi connectivity index (χ2v) is 5.85. The highest BCUT2D eigenvalue weighted by Crippen LogP contribution is 2.28. The summed E-state index contributed by atoms with van der Waals surface area (Å²) in [7, 11) is -4.62. The Morgan fingerprint density at radius 2 is 2.32 bits per heavy atom. The number of aromatic amines is 1. The lowest BCUT2D eigenvalue weighted by atomic mass is 10.1. The summed E-state index contributed by atoms with van der Waals surface area (Å²) in [5.74, 6) is -1.51. The van der Waals surface area contributed by atoms with Gasteiger partial charge in [-0.25, -0.2) is 0 Å². The van der Waals surface area contributed by atoms with Crippen LogP contribution in [-0.4, -0.2) is 36.8 Å². The van der Waals surface area contributed by atoms with Gasteiger partial charge in [0.05, 0.1) is 11.4 Å². The van der Waals surface area contributed by atoms with E-state index < -0.39 is 21.9 Å². The molecule has 0 saturated carbocycles. The Morgan fingerprint density at radius 3 is 2.89 bits per heavy atom. The molecule has 2 rings (SSSR count). The van der Waals surface area contributed by atoms with Gasteiger partial charge in [-0.1, -0.05) is 0 Å². The second kappa shape index (κ2) is 4.62. The predicted molar refractivity (Wildman–Crippen MR) is 63.4 cm³/mol. The van der Waals surface area contributed by atoms with Crippen molar-refractivity contribution in [1.29, 1.82) is 5.26 Å². The third-order valence-corrected chi connectivity index (χ3v) is 3.81. The average molecular weight is 286 g/mol. The highest BCUT2D eigenvalue weighted by atomic mass is 32.3. The van der Waals surface area contributed by atoms with E-state index in [4.69, 9.17) is 5.26 Å². The number of nitriles is 1. The van der Waals surface area contributed by atoms with E-state index in [1.165, 1.54) is 4.90 Å². The third kappa shape index (κ3) is 2.73. The van der Waals surface area contributed by atoms with E-state index in [-0.39, 0.29) is 30.3 Å². The van der Waals surface area contributed by atoms with Crippen molar-refractivity contribution in [1.82, 2.24) is 10.2 Å². The molecule has 1 fully saturated rings. The lowest BCUT2D eigenvalue weighted by molar-refractivity contribution is -0.117. The fraction of sp³-hybridized carbons (Fsp3) is 0.500. The quantitative estimate of drug-likeness (QED) is 0.801. The van der Waals surface area contributed by atoms with Crippen LogP contribution >= 0.6 is 0 Å². The summed E-state index contributed by atoms with van der Waals surface area (Å²) in [4.78, 5) is 13.0. The standard InChI is InChI=1S/C10H11FN4O3S/c1-6-8(3-12)10(14-13-6)15-4-7(2-9(15)16)5-19(11,17)18/h7H,2,4-5H2,1H3,(H,13,14). The summed E-state index contributed by atoms with van der Waals surface area (Å²) in [5.41, 5.74) is 0.754. The van der Waals surface area contributed by atoms with Crippen molar-refractivity contribution in [3.63, 3.8) is 0 Å². The Kier molecular flexibility index (Phi) is 3.28. The first-order valence-corrected chi connectivity index (χ1v) is 7.05. The molecule has 9 heteroatoms. The first-order chi connectivity index (χ1) is 8.81. The molecule has 0 aliphatic carbocycles. The molecule has 1 aliphatic rings. The molecule has 1 aromatic heterocycles. The van der Waals surface area contributed by atoms with Gasteiger partial charge in [-0.05, 0) is 6.92 Å². The summed E-state index contributed by atoms with van der Waals surface area (Å²) < 4.78 is 33.8. The monoisotopic (exact) mass is 286 g/mol. The van der Waals surface area contributed by atoms with Gasteiger partial charge in [0.1, 0.15) is 11.6 Å². The number of carbonyl (C=O) groups is 1. The summed E-state index contributed by atoms with van der Waals surface area (Å²) in [5, 5.41) is 15.4. The van der Waals surface area contributed by atoms with Crippen molar-refractivity contribution in [2.75, 3.05) is 17.2 Å². The normalized spacial score (nSPS) is 19.7. The van der Waals surface area contributed by atoms with Gasteiger partial charge in [0, 0.05) is 18.9 Å². The van der Waals surface area contributed by atoms with Crippen molar-refractivity contribution < 1.29 is 17.1 Å². The molecule has 1 amide bonds. The maximum absolute atomic E-state index is 12.6. The van der Waals surface area contributed by atoms with E-state index in [1.807, 2.05) is 6.07 Å². The van der Waals surface area contributed by atoms with Crippen LogP contribution in [0.3, 0.4) is 0 Å². The van der Waals surface area contributed by atoms with Crippen molar-refractivity contribution >= 4 is 21.9 Å². The highest BCUT2D eigenvalue weighted by molar-refractivity contribution is 7.86.